The van der Waals surface area contributed by atoms with E-state index >= 15 is 0 Å². The Kier molecular flexibility index (Phi) is 7.23. The second-order valence-electron chi connectivity index (χ2n) is 7.03. The summed E-state index contributed by atoms with van der Waals surface area (Å²) in [6.07, 6.45) is 2.42. The third kappa shape index (κ3) is 5.47. The van der Waals surface area contributed by atoms with Gasteiger partial charge >= 0.3 is 0 Å². The minimum atomic E-state index is -0.0595. The van der Waals surface area contributed by atoms with E-state index in [9.17, 15) is 4.79 Å². The zero-order chi connectivity index (χ0) is 19.2. The lowest BCUT2D eigenvalue weighted by Gasteiger charge is -2.26. The van der Waals surface area contributed by atoms with Crippen LogP contribution in [0, 0.1) is 0 Å². The average molecular weight is 435 g/mol. The molecular weight excluding hydrogens is 408 g/mol. The molecule has 2 aromatic rings. The molecule has 0 spiro atoms. The van der Waals surface area contributed by atoms with Crippen molar-refractivity contribution < 1.29 is 9.53 Å². The molecule has 0 saturated carbocycles. The molecule has 2 aliphatic rings. The molecule has 3 heterocycles. The summed E-state index contributed by atoms with van der Waals surface area (Å²) in [5, 5.41) is 5.14. The van der Waals surface area contributed by atoms with Crippen molar-refractivity contribution >= 4 is 40.8 Å². The summed E-state index contributed by atoms with van der Waals surface area (Å²) in [6, 6.07) is 10.4. The maximum Gasteiger partial charge on any atom is 0.257 e. The van der Waals surface area contributed by atoms with Crippen LogP contribution in [0.5, 0.6) is 5.75 Å². The molecule has 150 valence electrons. The first-order valence-electron chi connectivity index (χ1n) is 9.78. The highest BCUT2D eigenvalue weighted by atomic mass is 32.2. The lowest BCUT2D eigenvalue weighted by atomic mass is 10.1. The number of nitrogens with one attached hydrogen (secondary N) is 1. The van der Waals surface area contributed by atoms with Gasteiger partial charge in [-0.05, 0) is 59.1 Å². The van der Waals surface area contributed by atoms with Crippen LogP contribution in [-0.4, -0.2) is 48.6 Å². The van der Waals surface area contributed by atoms with Crippen LogP contribution in [0.15, 0.2) is 35.7 Å². The standard InChI is InChI=1S/C21H26N2O2S3/c24-20(22-8-10-23-9-6-19-17(14-23)7-13-26-19)15-25-18-4-2-16(3-5-18)21-27-11-1-12-28-21/h2-5,7,13,21H,1,6,8-12,14-15H2,(H,22,24). The molecule has 4 nitrogen and oxygen atoms in total. The van der Waals surface area contributed by atoms with Gasteiger partial charge in [-0.2, -0.15) is 0 Å². The predicted octanol–water partition coefficient (Wildman–Crippen LogP) is 4.17. The maximum atomic E-state index is 12.1. The van der Waals surface area contributed by atoms with Gasteiger partial charge in [-0.1, -0.05) is 12.1 Å². The second-order valence-corrected chi connectivity index (χ2v) is 10.8. The quantitative estimate of drug-likeness (QED) is 0.708. The van der Waals surface area contributed by atoms with E-state index in [0.717, 1.165) is 31.8 Å². The summed E-state index contributed by atoms with van der Waals surface area (Å²) in [6.45, 7) is 3.68. The van der Waals surface area contributed by atoms with Gasteiger partial charge < -0.3 is 10.1 Å². The third-order valence-electron chi connectivity index (χ3n) is 4.99. The number of fused-ring (bicyclic) bond motifs is 1. The molecule has 4 rings (SSSR count). The Bertz CT molecular complexity index is 772. The van der Waals surface area contributed by atoms with Crippen molar-refractivity contribution in [1.29, 1.82) is 0 Å². The van der Waals surface area contributed by atoms with Gasteiger partial charge in [0.2, 0.25) is 0 Å². The Labute approximate surface area is 179 Å². The van der Waals surface area contributed by atoms with E-state index in [0.29, 0.717) is 11.1 Å². The highest BCUT2D eigenvalue weighted by Crippen LogP contribution is 2.43. The Morgan fingerprint density at radius 1 is 1.18 bits per heavy atom. The number of hydrogen-bond donors (Lipinski definition) is 1. The molecule has 1 N–H and O–H groups in total. The van der Waals surface area contributed by atoms with E-state index in [2.05, 4.69) is 33.8 Å². The van der Waals surface area contributed by atoms with Crippen LogP contribution in [0.25, 0.3) is 0 Å². The van der Waals surface area contributed by atoms with Crippen molar-refractivity contribution in [2.45, 2.75) is 24.0 Å². The molecular formula is C21H26N2O2S3. The Balaban J connectivity index is 1.15. The van der Waals surface area contributed by atoms with Gasteiger partial charge in [-0.15, -0.1) is 34.9 Å². The van der Waals surface area contributed by atoms with Crippen LogP contribution >= 0.6 is 34.9 Å². The van der Waals surface area contributed by atoms with Gasteiger partial charge in [0.25, 0.3) is 5.91 Å². The number of nitrogens with zero attached hydrogens (tertiary/aromatic N) is 1. The molecule has 1 saturated heterocycles. The first-order valence-corrected chi connectivity index (χ1v) is 12.8. The molecule has 0 radical (unpaired) electrons. The van der Waals surface area contributed by atoms with Gasteiger partial charge in [0.05, 0.1) is 4.58 Å². The Morgan fingerprint density at radius 3 is 2.82 bits per heavy atom. The minimum Gasteiger partial charge on any atom is -0.484 e. The highest BCUT2D eigenvalue weighted by molar-refractivity contribution is 8.16. The van der Waals surface area contributed by atoms with Crippen LogP contribution in [0.3, 0.4) is 0 Å². The van der Waals surface area contributed by atoms with Crippen molar-refractivity contribution in [3.8, 4) is 5.75 Å². The van der Waals surface area contributed by atoms with E-state index in [4.69, 9.17) is 4.74 Å². The monoisotopic (exact) mass is 434 g/mol. The number of rotatable bonds is 7. The first-order chi connectivity index (χ1) is 13.8. The van der Waals surface area contributed by atoms with Gasteiger partial charge in [0, 0.05) is 31.1 Å². The minimum absolute atomic E-state index is 0.0595. The van der Waals surface area contributed by atoms with Crippen molar-refractivity contribution in [1.82, 2.24) is 10.2 Å². The zero-order valence-electron chi connectivity index (χ0n) is 15.9. The second kappa shape index (κ2) is 10.1. The molecule has 0 unspecified atom stereocenters. The van der Waals surface area contributed by atoms with Crippen molar-refractivity contribution in [3.05, 3.63) is 51.7 Å². The number of hydrogen-bond acceptors (Lipinski definition) is 6. The maximum absolute atomic E-state index is 12.1. The molecule has 1 aromatic heterocycles. The Hall–Kier alpha value is -1.15. The number of thioether (sulfide) groups is 2. The topological polar surface area (TPSA) is 41.6 Å². The van der Waals surface area contributed by atoms with E-state index in [1.54, 1.807) is 0 Å². The van der Waals surface area contributed by atoms with Crippen molar-refractivity contribution in [2.24, 2.45) is 0 Å². The summed E-state index contributed by atoms with van der Waals surface area (Å²) in [4.78, 5) is 16.0. The van der Waals surface area contributed by atoms with Gasteiger partial charge in [-0.25, -0.2) is 0 Å². The SMILES string of the molecule is O=C(COc1ccc(C2SCCCS2)cc1)NCCN1CCc2sccc2C1. The van der Waals surface area contributed by atoms with Gasteiger partial charge in [0.15, 0.2) is 6.61 Å². The lowest BCUT2D eigenvalue weighted by Crippen LogP contribution is -2.38. The van der Waals surface area contributed by atoms with E-state index in [1.807, 2.05) is 47.0 Å². The number of amides is 1. The first kappa shape index (κ1) is 20.1. The third-order valence-corrected chi connectivity index (χ3v) is 9.02. The van der Waals surface area contributed by atoms with Crippen LogP contribution < -0.4 is 10.1 Å². The smallest absolute Gasteiger partial charge is 0.257 e. The normalized spacial score (nSPS) is 17.9. The summed E-state index contributed by atoms with van der Waals surface area (Å²) in [5.74, 6) is 3.17. The average Bonchev–Trinajstić information content (AvgIpc) is 3.21. The van der Waals surface area contributed by atoms with E-state index < -0.39 is 0 Å². The molecule has 2 aliphatic heterocycles. The Morgan fingerprint density at radius 2 is 2.00 bits per heavy atom. The number of carbonyl (C=O) groups excluding carboxylic acids is 1. The summed E-state index contributed by atoms with van der Waals surface area (Å²) >= 11 is 5.88. The molecule has 28 heavy (non-hydrogen) atoms. The highest BCUT2D eigenvalue weighted by Gasteiger charge is 2.17. The fraction of sp³-hybridized carbons (Fsp3) is 0.476. The van der Waals surface area contributed by atoms with Crippen LogP contribution in [0.1, 0.15) is 27.0 Å². The molecule has 1 aromatic carbocycles. The largest absolute Gasteiger partial charge is 0.484 e. The summed E-state index contributed by atoms with van der Waals surface area (Å²) in [7, 11) is 0. The number of carbonyl (C=O) groups is 1. The van der Waals surface area contributed by atoms with Crippen LogP contribution in [0.4, 0.5) is 0 Å². The van der Waals surface area contributed by atoms with E-state index in [1.165, 1.54) is 33.9 Å². The molecule has 1 amide bonds. The molecule has 7 heteroatoms. The molecule has 1 fully saturated rings. The molecule has 0 bridgehead atoms. The van der Waals surface area contributed by atoms with Crippen molar-refractivity contribution in [2.75, 3.05) is 37.7 Å². The fourth-order valence-electron chi connectivity index (χ4n) is 3.45. The summed E-state index contributed by atoms with van der Waals surface area (Å²) < 4.78 is 6.18. The van der Waals surface area contributed by atoms with Crippen LogP contribution in [-0.2, 0) is 17.8 Å². The van der Waals surface area contributed by atoms with Gasteiger partial charge in [0.1, 0.15) is 5.75 Å². The predicted molar refractivity (Wildman–Crippen MR) is 121 cm³/mol. The van der Waals surface area contributed by atoms with Crippen molar-refractivity contribution in [3.63, 3.8) is 0 Å². The van der Waals surface area contributed by atoms with Crippen LogP contribution in [0.2, 0.25) is 0 Å². The number of benzene rings is 1. The molecule has 0 aliphatic carbocycles. The van der Waals surface area contributed by atoms with E-state index in [-0.39, 0.29) is 12.5 Å². The number of ether oxygens (including phenoxy) is 1. The summed E-state index contributed by atoms with van der Waals surface area (Å²) in [5.41, 5.74) is 2.78. The zero-order valence-corrected chi connectivity index (χ0v) is 18.3. The molecule has 0 atom stereocenters. The fourth-order valence-corrected chi connectivity index (χ4v) is 7.24. The number of thiophene rings is 1. The van der Waals surface area contributed by atoms with Gasteiger partial charge in [-0.3, -0.25) is 9.69 Å². The lowest BCUT2D eigenvalue weighted by molar-refractivity contribution is -0.123.